The van der Waals surface area contributed by atoms with Gasteiger partial charge in [0.1, 0.15) is 5.82 Å². The molecule has 0 spiro atoms. The van der Waals surface area contributed by atoms with Crippen LogP contribution in [-0.4, -0.2) is 29.6 Å². The summed E-state index contributed by atoms with van der Waals surface area (Å²) in [5.74, 6) is -2.24. The van der Waals surface area contributed by atoms with Crippen molar-refractivity contribution >= 4 is 33.5 Å². The first kappa shape index (κ1) is 13.0. The summed E-state index contributed by atoms with van der Waals surface area (Å²) in [6, 6.07) is 1.84. The Balaban J connectivity index is 2.52. The molecule has 0 bridgehead atoms. The van der Waals surface area contributed by atoms with Gasteiger partial charge in [-0.15, -0.1) is 0 Å². The Hall–Kier alpha value is -1.47. The van der Waals surface area contributed by atoms with Crippen LogP contribution in [-0.2, 0) is 4.79 Å². The number of amides is 1. The highest BCUT2D eigenvalue weighted by molar-refractivity contribution is 9.10. The number of nitrogens with zero attached hydrogens (tertiary/aromatic N) is 1. The summed E-state index contributed by atoms with van der Waals surface area (Å²) in [4.78, 5) is 24.1. The molecule has 5 nitrogen and oxygen atoms in total. The molecule has 1 heterocycles. The van der Waals surface area contributed by atoms with Gasteiger partial charge in [-0.1, -0.05) is 0 Å². The Morgan fingerprint density at radius 3 is 2.72 bits per heavy atom. The van der Waals surface area contributed by atoms with Crippen molar-refractivity contribution in [2.45, 2.75) is 12.5 Å². The van der Waals surface area contributed by atoms with E-state index in [1.807, 2.05) is 0 Å². The first-order valence-electron chi connectivity index (χ1n) is 5.18. The maximum Gasteiger partial charge on any atom is 0.337 e. The minimum atomic E-state index is -1.29. The molecule has 1 aromatic carbocycles. The molecule has 0 aromatic heterocycles. The number of aromatic carboxylic acids is 1. The number of rotatable bonds is 2. The summed E-state index contributed by atoms with van der Waals surface area (Å²) < 4.78 is 13.4. The number of benzene rings is 1. The van der Waals surface area contributed by atoms with Crippen LogP contribution in [0, 0.1) is 5.82 Å². The van der Waals surface area contributed by atoms with E-state index in [-0.39, 0.29) is 40.6 Å². The van der Waals surface area contributed by atoms with E-state index in [0.29, 0.717) is 0 Å². The summed E-state index contributed by atoms with van der Waals surface area (Å²) in [5, 5.41) is 9.04. The standard InChI is InChI=1S/C11H10BrFN2O3/c12-7-3-9(6(11(17)18)2-8(7)13)15-4-5(14)1-10(15)16/h2-3,5H,1,4,14H2,(H,17,18). The normalized spacial score (nSPS) is 19.4. The summed E-state index contributed by atoms with van der Waals surface area (Å²) in [6.07, 6.45) is 0.161. The highest BCUT2D eigenvalue weighted by Crippen LogP contribution is 2.30. The van der Waals surface area contributed by atoms with Gasteiger partial charge in [-0.25, -0.2) is 9.18 Å². The lowest BCUT2D eigenvalue weighted by Crippen LogP contribution is -2.29. The number of halogens is 2. The third-order valence-electron chi connectivity index (χ3n) is 2.71. The number of carbonyl (C=O) groups excluding carboxylic acids is 1. The molecule has 1 aliphatic heterocycles. The van der Waals surface area contributed by atoms with Crippen LogP contribution in [0.15, 0.2) is 16.6 Å². The summed E-state index contributed by atoms with van der Waals surface area (Å²) in [7, 11) is 0. The van der Waals surface area contributed by atoms with Gasteiger partial charge in [0.2, 0.25) is 5.91 Å². The number of carbonyl (C=O) groups is 2. The molecule has 96 valence electrons. The highest BCUT2D eigenvalue weighted by Gasteiger charge is 2.31. The van der Waals surface area contributed by atoms with Crippen LogP contribution in [0.5, 0.6) is 0 Å². The minimum absolute atomic E-state index is 0.107. The fourth-order valence-electron chi connectivity index (χ4n) is 1.90. The molecule has 1 amide bonds. The topological polar surface area (TPSA) is 83.6 Å². The van der Waals surface area contributed by atoms with Gasteiger partial charge in [0.25, 0.3) is 0 Å². The van der Waals surface area contributed by atoms with Gasteiger partial charge in [-0.05, 0) is 28.1 Å². The average molecular weight is 317 g/mol. The van der Waals surface area contributed by atoms with Gasteiger partial charge in [0.05, 0.1) is 15.7 Å². The van der Waals surface area contributed by atoms with Crippen molar-refractivity contribution in [1.29, 1.82) is 0 Å². The van der Waals surface area contributed by atoms with E-state index in [1.54, 1.807) is 0 Å². The summed E-state index contributed by atoms with van der Waals surface area (Å²) in [5.41, 5.74) is 5.56. The van der Waals surface area contributed by atoms with Gasteiger partial charge in [0.15, 0.2) is 0 Å². The molecule has 1 atom stereocenters. The van der Waals surface area contributed by atoms with Crippen LogP contribution in [0.2, 0.25) is 0 Å². The fourth-order valence-corrected chi connectivity index (χ4v) is 2.23. The monoisotopic (exact) mass is 316 g/mol. The minimum Gasteiger partial charge on any atom is -0.478 e. The van der Waals surface area contributed by atoms with Gasteiger partial charge in [-0.3, -0.25) is 4.79 Å². The molecular weight excluding hydrogens is 307 g/mol. The molecule has 1 saturated heterocycles. The van der Waals surface area contributed by atoms with Gasteiger partial charge >= 0.3 is 5.97 Å². The number of carboxylic acids is 1. The lowest BCUT2D eigenvalue weighted by atomic mass is 10.1. The first-order chi connectivity index (χ1) is 8.40. The van der Waals surface area contributed by atoms with Gasteiger partial charge in [0, 0.05) is 19.0 Å². The molecule has 1 fully saturated rings. The van der Waals surface area contributed by atoms with E-state index >= 15 is 0 Å². The first-order valence-corrected chi connectivity index (χ1v) is 5.97. The van der Waals surface area contributed by atoms with Gasteiger partial charge < -0.3 is 15.7 Å². The summed E-state index contributed by atoms with van der Waals surface area (Å²) in [6.45, 7) is 0.233. The largest absolute Gasteiger partial charge is 0.478 e. The predicted molar refractivity (Wildman–Crippen MR) is 66.0 cm³/mol. The second-order valence-electron chi connectivity index (χ2n) is 4.06. The lowest BCUT2D eigenvalue weighted by Gasteiger charge is -2.19. The van der Waals surface area contributed by atoms with Crippen molar-refractivity contribution in [2.75, 3.05) is 11.4 Å². The molecule has 1 aromatic rings. The zero-order valence-corrected chi connectivity index (χ0v) is 10.8. The number of nitrogens with two attached hydrogens (primary N) is 1. The van der Waals surface area contributed by atoms with Crippen molar-refractivity contribution in [1.82, 2.24) is 0 Å². The van der Waals surface area contributed by atoms with E-state index in [9.17, 15) is 14.0 Å². The molecule has 1 aliphatic rings. The quantitative estimate of drug-likeness (QED) is 0.862. The average Bonchev–Trinajstić information content (AvgIpc) is 2.61. The maximum absolute atomic E-state index is 13.3. The molecule has 0 saturated carbocycles. The third kappa shape index (κ3) is 2.23. The number of hydrogen-bond donors (Lipinski definition) is 2. The molecule has 1 unspecified atom stereocenters. The van der Waals surface area contributed by atoms with Crippen LogP contribution in [0.3, 0.4) is 0 Å². The highest BCUT2D eigenvalue weighted by atomic mass is 79.9. The Bertz CT molecular complexity index is 535. The van der Waals surface area contributed by atoms with Crippen molar-refractivity contribution in [2.24, 2.45) is 5.73 Å². The molecule has 2 rings (SSSR count). The van der Waals surface area contributed by atoms with Crippen molar-refractivity contribution in [3.63, 3.8) is 0 Å². The van der Waals surface area contributed by atoms with Crippen LogP contribution in [0.4, 0.5) is 10.1 Å². The molecule has 18 heavy (non-hydrogen) atoms. The fraction of sp³-hybridized carbons (Fsp3) is 0.273. The SMILES string of the molecule is NC1CC(=O)N(c2cc(Br)c(F)cc2C(=O)O)C1. The van der Waals surface area contributed by atoms with Crippen LogP contribution < -0.4 is 10.6 Å². The lowest BCUT2D eigenvalue weighted by molar-refractivity contribution is -0.117. The van der Waals surface area contributed by atoms with Crippen LogP contribution in [0.1, 0.15) is 16.8 Å². The van der Waals surface area contributed by atoms with Gasteiger partial charge in [-0.2, -0.15) is 0 Å². The Labute approximate surface area is 111 Å². The van der Waals surface area contributed by atoms with E-state index in [2.05, 4.69) is 15.9 Å². The number of carboxylic acid groups (broad SMARTS) is 1. The second-order valence-corrected chi connectivity index (χ2v) is 4.91. The number of hydrogen-bond acceptors (Lipinski definition) is 3. The Morgan fingerprint density at radius 2 is 2.22 bits per heavy atom. The van der Waals surface area contributed by atoms with E-state index in [1.165, 1.54) is 11.0 Å². The molecule has 0 aliphatic carbocycles. The Morgan fingerprint density at radius 1 is 1.56 bits per heavy atom. The smallest absolute Gasteiger partial charge is 0.337 e. The van der Waals surface area contributed by atoms with Crippen LogP contribution >= 0.6 is 15.9 Å². The second kappa shape index (κ2) is 4.66. The van der Waals surface area contributed by atoms with Crippen LogP contribution in [0.25, 0.3) is 0 Å². The number of anilines is 1. The van der Waals surface area contributed by atoms with Crippen molar-refractivity contribution < 1.29 is 19.1 Å². The summed E-state index contributed by atoms with van der Waals surface area (Å²) >= 11 is 2.97. The van der Waals surface area contributed by atoms with E-state index in [4.69, 9.17) is 10.8 Å². The molecular formula is C11H10BrFN2O3. The molecule has 0 radical (unpaired) electrons. The molecule has 7 heteroatoms. The molecule has 3 N–H and O–H groups in total. The third-order valence-corrected chi connectivity index (χ3v) is 3.32. The zero-order chi connectivity index (χ0) is 13.4. The zero-order valence-electron chi connectivity index (χ0n) is 9.19. The Kier molecular flexibility index (Phi) is 3.36. The van der Waals surface area contributed by atoms with Crippen molar-refractivity contribution in [3.8, 4) is 0 Å². The van der Waals surface area contributed by atoms with E-state index < -0.39 is 11.8 Å². The predicted octanol–water partition coefficient (Wildman–Crippen LogP) is 1.35. The van der Waals surface area contributed by atoms with E-state index in [0.717, 1.165) is 6.07 Å². The maximum atomic E-state index is 13.3. The van der Waals surface area contributed by atoms with Crippen molar-refractivity contribution in [3.05, 3.63) is 28.0 Å².